The third-order valence-electron chi connectivity index (χ3n) is 6.43. The summed E-state index contributed by atoms with van der Waals surface area (Å²) in [5.74, 6) is 0.594. The molecule has 0 aliphatic carbocycles. The van der Waals surface area contributed by atoms with Gasteiger partial charge in [0.2, 0.25) is 5.96 Å². The summed E-state index contributed by atoms with van der Waals surface area (Å²) >= 11 is 0. The van der Waals surface area contributed by atoms with Crippen molar-refractivity contribution in [1.82, 2.24) is 14.7 Å². The van der Waals surface area contributed by atoms with Crippen LogP contribution in [0, 0.1) is 0 Å². The minimum Gasteiger partial charge on any atom is -0.325 e. The quantitative estimate of drug-likeness (QED) is 0.733. The second kappa shape index (κ2) is 8.15. The van der Waals surface area contributed by atoms with Crippen LogP contribution in [0.3, 0.4) is 0 Å². The molecule has 0 spiro atoms. The van der Waals surface area contributed by atoms with Crippen LogP contribution in [-0.4, -0.2) is 71.5 Å². The molecule has 0 radical (unpaired) electrons. The molecule has 7 nitrogen and oxygen atoms in total. The van der Waals surface area contributed by atoms with E-state index in [0.29, 0.717) is 6.54 Å². The number of amides is 3. The second-order valence-corrected chi connectivity index (χ2v) is 8.31. The van der Waals surface area contributed by atoms with Crippen molar-refractivity contribution in [2.45, 2.75) is 25.6 Å². The van der Waals surface area contributed by atoms with Gasteiger partial charge < -0.3 is 14.7 Å². The zero-order chi connectivity index (χ0) is 22.2. The average Bonchev–Trinajstić information content (AvgIpc) is 3.40. The average molecular weight is 430 g/mol. The molecule has 0 saturated carbocycles. The summed E-state index contributed by atoms with van der Waals surface area (Å²) in [6.45, 7) is 3.85. The number of carbonyl (C=O) groups is 2. The first kappa shape index (κ1) is 20.3. The molecule has 3 aliphatic rings. The maximum atomic E-state index is 13.4. The van der Waals surface area contributed by atoms with Crippen molar-refractivity contribution in [2.24, 2.45) is 4.99 Å². The van der Waals surface area contributed by atoms with Gasteiger partial charge in [0.1, 0.15) is 0 Å². The zero-order valence-electron chi connectivity index (χ0n) is 18.4. The number of benzene rings is 2. The Morgan fingerprint density at radius 3 is 2.50 bits per heavy atom. The minimum absolute atomic E-state index is 0.183. The number of aliphatic imine (C=N–C) groups is 1. The van der Waals surface area contributed by atoms with Gasteiger partial charge in [-0.3, -0.25) is 9.69 Å². The van der Waals surface area contributed by atoms with Crippen LogP contribution in [0.4, 0.5) is 10.5 Å². The van der Waals surface area contributed by atoms with E-state index in [-0.39, 0.29) is 18.5 Å². The summed E-state index contributed by atoms with van der Waals surface area (Å²) in [6, 6.07) is 17.5. The number of guanidine groups is 1. The fourth-order valence-corrected chi connectivity index (χ4v) is 4.62. The Bertz CT molecular complexity index is 1080. The molecule has 2 atom stereocenters. The molecule has 0 N–H and O–H groups in total. The molecule has 164 valence electrons. The molecule has 3 aliphatic heterocycles. The van der Waals surface area contributed by atoms with Crippen LogP contribution in [0.15, 0.2) is 65.7 Å². The number of rotatable bonds is 5. The number of aryl methyl sites for hydroxylation is 1. The predicted molar refractivity (Wildman–Crippen MR) is 125 cm³/mol. The lowest BCUT2D eigenvalue weighted by atomic mass is 10.1. The normalized spacial score (nSPS) is 22.6. The van der Waals surface area contributed by atoms with Gasteiger partial charge in [-0.2, -0.15) is 0 Å². The van der Waals surface area contributed by atoms with Crippen molar-refractivity contribution in [3.63, 3.8) is 0 Å². The van der Waals surface area contributed by atoms with E-state index >= 15 is 0 Å². The summed E-state index contributed by atoms with van der Waals surface area (Å²) in [5.41, 5.74) is 3.38. The molecule has 2 aromatic carbocycles. The lowest BCUT2D eigenvalue weighted by molar-refractivity contribution is -0.136. The molecular formula is C25H27N5O2. The Kier molecular flexibility index (Phi) is 5.17. The highest BCUT2D eigenvalue weighted by Gasteiger charge is 2.54. The highest BCUT2D eigenvalue weighted by Crippen LogP contribution is 2.33. The Morgan fingerprint density at radius 2 is 1.78 bits per heavy atom. The van der Waals surface area contributed by atoms with E-state index in [1.807, 2.05) is 42.5 Å². The smallest absolute Gasteiger partial charge is 0.325 e. The number of imide groups is 1. The largest absolute Gasteiger partial charge is 0.328 e. The van der Waals surface area contributed by atoms with E-state index in [9.17, 15) is 9.59 Å². The van der Waals surface area contributed by atoms with E-state index in [2.05, 4.69) is 41.0 Å². The standard InChI is InChI=1S/C25H27N5O2/c1-3-18-11-13-20(14-12-18)28-16-17-29-21-22(26-24(28)29)27(2)25(32)30(23(21)31)15-7-10-19-8-5-4-6-9-19/h4-14,21-22H,3,15-17H2,1-2H3/b10-7+. The van der Waals surface area contributed by atoms with Crippen molar-refractivity contribution in [3.05, 3.63) is 71.8 Å². The Balaban J connectivity index is 1.36. The fourth-order valence-electron chi connectivity index (χ4n) is 4.62. The Hall–Kier alpha value is -3.61. The van der Waals surface area contributed by atoms with E-state index in [4.69, 9.17) is 4.99 Å². The minimum atomic E-state index is -0.489. The fraction of sp³-hybridized carbons (Fsp3) is 0.320. The number of hydrogen-bond donors (Lipinski definition) is 0. The first-order valence-corrected chi connectivity index (χ1v) is 11.1. The molecule has 7 heteroatoms. The Labute approximate surface area is 188 Å². The number of carbonyl (C=O) groups excluding carboxylic acids is 2. The zero-order valence-corrected chi connectivity index (χ0v) is 18.4. The number of likely N-dealkylation sites (N-methyl/N-ethyl adjacent to an activating group) is 1. The van der Waals surface area contributed by atoms with Crippen molar-refractivity contribution in [2.75, 3.05) is 31.6 Å². The number of fused-ring (bicyclic) bond motifs is 3. The van der Waals surface area contributed by atoms with Gasteiger partial charge in [0, 0.05) is 32.4 Å². The molecule has 2 fully saturated rings. The molecule has 3 amide bonds. The van der Waals surface area contributed by atoms with Crippen LogP contribution in [0.1, 0.15) is 18.1 Å². The molecule has 0 aromatic heterocycles. The van der Waals surface area contributed by atoms with Crippen LogP contribution < -0.4 is 4.90 Å². The molecule has 3 heterocycles. The SMILES string of the molecule is CCc1ccc(N2CCN3C2=NC2C3C(=O)N(C/C=C/c3ccccc3)C(=O)N2C)cc1. The number of anilines is 1. The summed E-state index contributed by atoms with van der Waals surface area (Å²) in [7, 11) is 1.73. The Morgan fingerprint density at radius 1 is 1.03 bits per heavy atom. The molecule has 0 bridgehead atoms. The third-order valence-corrected chi connectivity index (χ3v) is 6.43. The highest BCUT2D eigenvalue weighted by molar-refractivity contribution is 6.08. The van der Waals surface area contributed by atoms with E-state index < -0.39 is 12.2 Å². The molecular weight excluding hydrogens is 402 g/mol. The molecule has 5 rings (SSSR count). The van der Waals surface area contributed by atoms with Gasteiger partial charge in [-0.05, 0) is 29.7 Å². The lowest BCUT2D eigenvalue weighted by Gasteiger charge is -2.40. The first-order chi connectivity index (χ1) is 15.6. The van der Waals surface area contributed by atoms with E-state index in [1.54, 1.807) is 11.9 Å². The van der Waals surface area contributed by atoms with Gasteiger partial charge >= 0.3 is 6.03 Å². The maximum Gasteiger partial charge on any atom is 0.328 e. The van der Waals surface area contributed by atoms with Gasteiger partial charge in [0.25, 0.3) is 5.91 Å². The van der Waals surface area contributed by atoms with Crippen LogP contribution in [-0.2, 0) is 11.2 Å². The molecule has 2 aromatic rings. The number of nitrogens with zero attached hydrogens (tertiary/aromatic N) is 5. The van der Waals surface area contributed by atoms with E-state index in [1.165, 1.54) is 10.5 Å². The van der Waals surface area contributed by atoms with Crippen LogP contribution in [0.2, 0.25) is 0 Å². The van der Waals surface area contributed by atoms with Crippen molar-refractivity contribution >= 4 is 29.7 Å². The molecule has 2 unspecified atom stereocenters. The van der Waals surface area contributed by atoms with Gasteiger partial charge in [0.05, 0.1) is 0 Å². The van der Waals surface area contributed by atoms with Crippen molar-refractivity contribution in [1.29, 1.82) is 0 Å². The van der Waals surface area contributed by atoms with Gasteiger partial charge in [0.15, 0.2) is 12.2 Å². The van der Waals surface area contributed by atoms with Crippen LogP contribution in [0.5, 0.6) is 0 Å². The van der Waals surface area contributed by atoms with Crippen molar-refractivity contribution in [3.8, 4) is 0 Å². The topological polar surface area (TPSA) is 59.5 Å². The predicted octanol–water partition coefficient (Wildman–Crippen LogP) is 3.04. The summed E-state index contributed by atoms with van der Waals surface area (Å²) in [4.78, 5) is 38.3. The molecule has 2 saturated heterocycles. The second-order valence-electron chi connectivity index (χ2n) is 8.31. The summed E-state index contributed by atoms with van der Waals surface area (Å²) < 4.78 is 0. The summed E-state index contributed by atoms with van der Waals surface area (Å²) in [5, 5.41) is 0. The first-order valence-electron chi connectivity index (χ1n) is 11.1. The highest BCUT2D eigenvalue weighted by atomic mass is 16.2. The van der Waals surface area contributed by atoms with Gasteiger partial charge in [-0.1, -0.05) is 61.5 Å². The molecule has 32 heavy (non-hydrogen) atoms. The van der Waals surface area contributed by atoms with Gasteiger partial charge in [-0.25, -0.2) is 9.79 Å². The van der Waals surface area contributed by atoms with Crippen molar-refractivity contribution < 1.29 is 9.59 Å². The monoisotopic (exact) mass is 429 g/mol. The lowest BCUT2D eigenvalue weighted by Crippen LogP contribution is -2.64. The maximum absolute atomic E-state index is 13.4. The number of urea groups is 1. The van der Waals surface area contributed by atoms with Gasteiger partial charge in [-0.15, -0.1) is 0 Å². The third kappa shape index (κ3) is 3.34. The van der Waals surface area contributed by atoms with Crippen LogP contribution in [0.25, 0.3) is 6.08 Å². The van der Waals surface area contributed by atoms with E-state index in [0.717, 1.165) is 30.2 Å². The summed E-state index contributed by atoms with van der Waals surface area (Å²) in [6.07, 6.45) is 4.30. The number of hydrogen-bond acceptors (Lipinski definition) is 5. The van der Waals surface area contributed by atoms with Crippen LogP contribution >= 0.6 is 0 Å².